The molecule has 0 radical (unpaired) electrons. The van der Waals surface area contributed by atoms with Gasteiger partial charge in [0.15, 0.2) is 0 Å². The van der Waals surface area contributed by atoms with Crippen molar-refractivity contribution in [3.05, 3.63) is 16.5 Å². The lowest BCUT2D eigenvalue weighted by molar-refractivity contribution is 0.153. The third kappa shape index (κ3) is 4.97. The van der Waals surface area contributed by atoms with Crippen LogP contribution in [0.15, 0.2) is 10.7 Å². The Hall–Kier alpha value is -0.720. The van der Waals surface area contributed by atoms with Crippen LogP contribution in [0.25, 0.3) is 0 Å². The van der Waals surface area contributed by atoms with E-state index in [4.69, 9.17) is 9.84 Å². The fourth-order valence-electron chi connectivity index (χ4n) is 1.42. The van der Waals surface area contributed by atoms with Crippen molar-refractivity contribution in [2.24, 2.45) is 0 Å². The molecule has 0 fully saturated rings. The van der Waals surface area contributed by atoms with Gasteiger partial charge < -0.3 is 15.2 Å². The summed E-state index contributed by atoms with van der Waals surface area (Å²) in [6.45, 7) is 2.51. The van der Waals surface area contributed by atoms with E-state index in [0.717, 1.165) is 23.3 Å². The molecule has 5 nitrogen and oxygen atoms in total. The summed E-state index contributed by atoms with van der Waals surface area (Å²) < 4.78 is 5.74. The molecule has 0 aromatic carbocycles. The number of hydrogen-bond donors (Lipinski definition) is 2. The standard InChI is InChI=1S/C11H18BrN3O2/c1-3-4-10-14-9(12)5-11(15-10)13-8(6-16)7-17-2/h5,8,16H,3-4,6-7H2,1-2H3,(H,13,14,15). The zero-order valence-corrected chi connectivity index (χ0v) is 11.7. The van der Waals surface area contributed by atoms with Gasteiger partial charge in [-0.2, -0.15) is 0 Å². The van der Waals surface area contributed by atoms with E-state index >= 15 is 0 Å². The van der Waals surface area contributed by atoms with Gasteiger partial charge in [-0.05, 0) is 22.4 Å². The molecule has 0 spiro atoms. The lowest BCUT2D eigenvalue weighted by atomic mass is 10.3. The van der Waals surface area contributed by atoms with Gasteiger partial charge in [-0.1, -0.05) is 6.92 Å². The Balaban J connectivity index is 2.75. The van der Waals surface area contributed by atoms with Gasteiger partial charge in [0.2, 0.25) is 0 Å². The van der Waals surface area contributed by atoms with Gasteiger partial charge in [-0.3, -0.25) is 0 Å². The van der Waals surface area contributed by atoms with E-state index < -0.39 is 0 Å². The molecule has 0 saturated carbocycles. The molecule has 1 rings (SSSR count). The van der Waals surface area contributed by atoms with Crippen LogP contribution in [-0.4, -0.2) is 41.4 Å². The molecule has 0 bridgehead atoms. The summed E-state index contributed by atoms with van der Waals surface area (Å²) in [5.41, 5.74) is 0. The van der Waals surface area contributed by atoms with Crippen LogP contribution in [0.1, 0.15) is 19.2 Å². The maximum absolute atomic E-state index is 9.16. The average Bonchev–Trinajstić information content (AvgIpc) is 2.28. The van der Waals surface area contributed by atoms with Crippen molar-refractivity contribution >= 4 is 21.7 Å². The predicted molar refractivity (Wildman–Crippen MR) is 70.1 cm³/mol. The van der Waals surface area contributed by atoms with Crippen LogP contribution in [0, 0.1) is 0 Å². The highest BCUT2D eigenvalue weighted by Crippen LogP contribution is 2.14. The first-order chi connectivity index (χ1) is 8.19. The molecule has 0 amide bonds. The molecule has 96 valence electrons. The molecular formula is C11H18BrN3O2. The molecule has 0 aliphatic heterocycles. The summed E-state index contributed by atoms with van der Waals surface area (Å²) in [5, 5.41) is 12.3. The summed E-state index contributed by atoms with van der Waals surface area (Å²) in [7, 11) is 1.60. The molecule has 6 heteroatoms. The monoisotopic (exact) mass is 303 g/mol. The molecule has 1 aromatic rings. The number of halogens is 1. The number of hydrogen-bond acceptors (Lipinski definition) is 5. The zero-order valence-electron chi connectivity index (χ0n) is 10.1. The normalized spacial score (nSPS) is 12.5. The van der Waals surface area contributed by atoms with Crippen LogP contribution in [-0.2, 0) is 11.2 Å². The van der Waals surface area contributed by atoms with Crippen molar-refractivity contribution in [1.29, 1.82) is 0 Å². The van der Waals surface area contributed by atoms with Crippen LogP contribution >= 0.6 is 15.9 Å². The molecule has 1 aromatic heterocycles. The SMILES string of the molecule is CCCc1nc(Br)cc(NC(CO)COC)n1. The van der Waals surface area contributed by atoms with Crippen molar-refractivity contribution in [3.8, 4) is 0 Å². The Morgan fingerprint density at radius 2 is 2.29 bits per heavy atom. The predicted octanol–water partition coefficient (Wildman–Crippen LogP) is 1.61. The number of methoxy groups -OCH3 is 1. The van der Waals surface area contributed by atoms with Gasteiger partial charge in [0.05, 0.1) is 19.3 Å². The highest BCUT2D eigenvalue weighted by atomic mass is 79.9. The highest BCUT2D eigenvalue weighted by Gasteiger charge is 2.09. The van der Waals surface area contributed by atoms with Crippen molar-refractivity contribution in [3.63, 3.8) is 0 Å². The van der Waals surface area contributed by atoms with E-state index in [2.05, 4.69) is 38.1 Å². The Bertz CT molecular complexity index is 349. The van der Waals surface area contributed by atoms with Gasteiger partial charge >= 0.3 is 0 Å². The van der Waals surface area contributed by atoms with E-state index in [-0.39, 0.29) is 12.6 Å². The molecule has 1 heterocycles. The summed E-state index contributed by atoms with van der Waals surface area (Å²) in [6, 6.07) is 1.63. The molecular weight excluding hydrogens is 286 g/mol. The largest absolute Gasteiger partial charge is 0.394 e. The minimum atomic E-state index is -0.156. The van der Waals surface area contributed by atoms with Gasteiger partial charge in [0, 0.05) is 19.6 Å². The third-order valence-corrected chi connectivity index (χ3v) is 2.56. The number of nitrogens with zero attached hydrogens (tertiary/aromatic N) is 2. The molecule has 0 saturated heterocycles. The minimum absolute atomic E-state index is 0.00142. The van der Waals surface area contributed by atoms with Crippen LogP contribution < -0.4 is 5.32 Å². The summed E-state index contributed by atoms with van der Waals surface area (Å²) >= 11 is 3.35. The van der Waals surface area contributed by atoms with Crippen molar-refractivity contribution in [1.82, 2.24) is 9.97 Å². The number of nitrogens with one attached hydrogen (secondary N) is 1. The van der Waals surface area contributed by atoms with Crippen molar-refractivity contribution in [2.45, 2.75) is 25.8 Å². The second-order valence-corrected chi connectivity index (χ2v) is 4.53. The van der Waals surface area contributed by atoms with Crippen LogP contribution in [0.2, 0.25) is 0 Å². The van der Waals surface area contributed by atoms with E-state index in [0.29, 0.717) is 12.4 Å². The number of aliphatic hydroxyl groups is 1. The van der Waals surface area contributed by atoms with Gasteiger partial charge in [0.25, 0.3) is 0 Å². The van der Waals surface area contributed by atoms with Crippen molar-refractivity contribution < 1.29 is 9.84 Å². The fraction of sp³-hybridized carbons (Fsp3) is 0.636. The summed E-state index contributed by atoms with van der Waals surface area (Å²) in [5.74, 6) is 1.49. The Morgan fingerprint density at radius 3 is 2.88 bits per heavy atom. The third-order valence-electron chi connectivity index (χ3n) is 2.16. The molecule has 1 atom stereocenters. The van der Waals surface area contributed by atoms with Gasteiger partial charge in [0.1, 0.15) is 16.2 Å². The number of ether oxygens (including phenoxy) is 1. The van der Waals surface area contributed by atoms with E-state index in [9.17, 15) is 0 Å². The second-order valence-electron chi connectivity index (χ2n) is 3.72. The number of aromatic nitrogens is 2. The van der Waals surface area contributed by atoms with E-state index in [1.165, 1.54) is 0 Å². The topological polar surface area (TPSA) is 67.3 Å². The Morgan fingerprint density at radius 1 is 1.53 bits per heavy atom. The summed E-state index contributed by atoms with van der Waals surface area (Å²) in [6.07, 6.45) is 1.83. The smallest absolute Gasteiger partial charge is 0.132 e. The number of aliphatic hydroxyl groups excluding tert-OH is 1. The highest BCUT2D eigenvalue weighted by molar-refractivity contribution is 9.10. The van der Waals surface area contributed by atoms with E-state index in [1.807, 2.05) is 0 Å². The Labute approximate surface area is 110 Å². The Kier molecular flexibility index (Phi) is 6.39. The first kappa shape index (κ1) is 14.3. The van der Waals surface area contributed by atoms with Crippen molar-refractivity contribution in [2.75, 3.05) is 25.6 Å². The first-order valence-corrected chi connectivity index (χ1v) is 6.38. The molecule has 1 unspecified atom stereocenters. The van der Waals surface area contributed by atoms with Crippen LogP contribution in [0.3, 0.4) is 0 Å². The molecule has 17 heavy (non-hydrogen) atoms. The lowest BCUT2D eigenvalue weighted by Gasteiger charge is -2.16. The molecule has 2 N–H and O–H groups in total. The lowest BCUT2D eigenvalue weighted by Crippen LogP contribution is -2.29. The minimum Gasteiger partial charge on any atom is -0.394 e. The van der Waals surface area contributed by atoms with Crippen LogP contribution in [0.4, 0.5) is 5.82 Å². The number of aryl methyl sites for hydroxylation is 1. The zero-order chi connectivity index (χ0) is 12.7. The molecule has 0 aliphatic rings. The van der Waals surface area contributed by atoms with E-state index in [1.54, 1.807) is 13.2 Å². The summed E-state index contributed by atoms with van der Waals surface area (Å²) in [4.78, 5) is 8.65. The second kappa shape index (κ2) is 7.58. The van der Waals surface area contributed by atoms with Gasteiger partial charge in [-0.25, -0.2) is 9.97 Å². The number of rotatable bonds is 7. The maximum Gasteiger partial charge on any atom is 0.132 e. The maximum atomic E-state index is 9.16. The quantitative estimate of drug-likeness (QED) is 0.749. The average molecular weight is 304 g/mol. The first-order valence-electron chi connectivity index (χ1n) is 5.59. The molecule has 0 aliphatic carbocycles. The van der Waals surface area contributed by atoms with Gasteiger partial charge in [-0.15, -0.1) is 0 Å². The fourth-order valence-corrected chi connectivity index (χ4v) is 1.85. The number of anilines is 1. The van der Waals surface area contributed by atoms with Crippen LogP contribution in [0.5, 0.6) is 0 Å².